The highest BCUT2D eigenvalue weighted by molar-refractivity contribution is 5.74. The third kappa shape index (κ3) is 3.30. The molecule has 0 amide bonds. The maximum Gasteiger partial charge on any atom is 0.226 e. The second-order valence-corrected chi connectivity index (χ2v) is 2.67. The Bertz CT molecular complexity index is 300. The Balaban J connectivity index is 0.00000144. The van der Waals surface area contributed by atoms with E-state index in [1.165, 1.54) is 11.8 Å². The largest absolute Gasteiger partial charge is 1.00 e. The van der Waals surface area contributed by atoms with Gasteiger partial charge in [0.15, 0.2) is 6.20 Å². The molecule has 0 unspecified atom stereocenters. The molecule has 0 atom stereocenters. The molecule has 0 aromatic carbocycles. The lowest BCUT2D eigenvalue weighted by Gasteiger charge is -1.95. The minimum Gasteiger partial charge on any atom is -1.00 e. The molecule has 1 aromatic rings. The minimum atomic E-state index is 0. The van der Waals surface area contributed by atoms with Crippen molar-refractivity contribution in [3.63, 3.8) is 0 Å². The molecule has 0 aliphatic heterocycles. The molecule has 1 aromatic heterocycles. The van der Waals surface area contributed by atoms with Gasteiger partial charge in [0, 0.05) is 11.6 Å². The zero-order valence-electron chi connectivity index (χ0n) is 7.74. The molecule has 0 aliphatic carbocycles. The van der Waals surface area contributed by atoms with Crippen LogP contribution in [0.2, 0.25) is 0 Å². The van der Waals surface area contributed by atoms with Gasteiger partial charge in [0.2, 0.25) is 5.69 Å². The van der Waals surface area contributed by atoms with Gasteiger partial charge >= 0.3 is 0 Å². The summed E-state index contributed by atoms with van der Waals surface area (Å²) < 4.78 is 1.93. The maximum absolute atomic E-state index is 8.33. The van der Waals surface area contributed by atoms with E-state index in [-0.39, 0.29) is 24.0 Å². The van der Waals surface area contributed by atoms with Crippen molar-refractivity contribution in [1.82, 2.24) is 0 Å². The number of halogens is 1. The van der Waals surface area contributed by atoms with Crippen molar-refractivity contribution in [3.05, 3.63) is 29.6 Å². The number of hydrogen-bond donors (Lipinski definition) is 1. The number of rotatable bonds is 2. The lowest BCUT2D eigenvalue weighted by molar-refractivity contribution is -0.672. The summed E-state index contributed by atoms with van der Waals surface area (Å²) in [6, 6.07) is 3.95. The molecule has 3 nitrogen and oxygen atoms in total. The zero-order chi connectivity index (χ0) is 8.97. The molecule has 0 bridgehead atoms. The van der Waals surface area contributed by atoms with Crippen LogP contribution in [-0.4, -0.2) is 11.4 Å². The van der Waals surface area contributed by atoms with Crippen molar-refractivity contribution < 1.29 is 33.8 Å². The molecule has 0 fully saturated rings. The molecule has 0 radical (unpaired) electrons. The lowest BCUT2D eigenvalue weighted by Crippen LogP contribution is -3.00. The number of hydrogen-bond acceptors (Lipinski definition) is 2. The molecule has 0 saturated heterocycles. The van der Waals surface area contributed by atoms with E-state index >= 15 is 0 Å². The van der Waals surface area contributed by atoms with Gasteiger partial charge < -0.3 is 29.2 Å². The topological polar surface area (TPSA) is 36.5 Å². The van der Waals surface area contributed by atoms with Gasteiger partial charge in [-0.05, 0) is 12.5 Å². The van der Waals surface area contributed by atoms with Gasteiger partial charge in [-0.2, -0.15) is 4.57 Å². The fraction of sp³-hybridized carbons (Fsp3) is 0.333. The SMILES string of the molecule is CCc1ccc(C=NO)[n+](C)c1.[I-]. The summed E-state index contributed by atoms with van der Waals surface area (Å²) in [5.74, 6) is 0. The first kappa shape index (κ1) is 12.3. The third-order valence-electron chi connectivity index (χ3n) is 1.83. The van der Waals surface area contributed by atoms with Crippen molar-refractivity contribution in [1.29, 1.82) is 0 Å². The molecule has 0 aliphatic rings. The number of pyridine rings is 1. The highest BCUT2D eigenvalue weighted by Crippen LogP contribution is 1.96. The summed E-state index contributed by atoms with van der Waals surface area (Å²) >= 11 is 0. The van der Waals surface area contributed by atoms with Crippen LogP contribution in [0.25, 0.3) is 0 Å². The zero-order valence-corrected chi connectivity index (χ0v) is 9.89. The Morgan fingerprint density at radius 3 is 2.69 bits per heavy atom. The first-order valence-corrected chi connectivity index (χ1v) is 3.94. The van der Waals surface area contributed by atoms with Crippen LogP contribution in [0, 0.1) is 0 Å². The molecule has 0 spiro atoms. The predicted molar refractivity (Wildman–Crippen MR) is 46.4 cm³/mol. The van der Waals surface area contributed by atoms with Crippen LogP contribution < -0.4 is 28.5 Å². The summed E-state index contributed by atoms with van der Waals surface area (Å²) in [6.45, 7) is 2.11. The molecular formula is C9H13IN2O. The van der Waals surface area contributed by atoms with Crippen LogP contribution in [0.1, 0.15) is 18.2 Å². The van der Waals surface area contributed by atoms with Crippen molar-refractivity contribution >= 4 is 6.21 Å². The molecule has 1 N–H and O–H groups in total. The Labute approximate surface area is 95.1 Å². The average Bonchev–Trinajstić information content (AvgIpc) is 2.09. The molecule has 13 heavy (non-hydrogen) atoms. The summed E-state index contributed by atoms with van der Waals surface area (Å²) in [5.41, 5.74) is 2.15. The van der Waals surface area contributed by atoms with Gasteiger partial charge in [0.1, 0.15) is 13.3 Å². The smallest absolute Gasteiger partial charge is 0.226 e. The number of aromatic nitrogens is 1. The molecule has 1 heterocycles. The average molecular weight is 292 g/mol. The Morgan fingerprint density at radius 2 is 2.23 bits per heavy atom. The second-order valence-electron chi connectivity index (χ2n) is 2.67. The molecule has 72 valence electrons. The van der Waals surface area contributed by atoms with Gasteiger partial charge in [-0.1, -0.05) is 12.1 Å². The van der Waals surface area contributed by atoms with Crippen LogP contribution in [0.15, 0.2) is 23.5 Å². The van der Waals surface area contributed by atoms with Gasteiger partial charge in [0.05, 0.1) is 0 Å². The lowest BCUT2D eigenvalue weighted by atomic mass is 10.2. The normalized spacial score (nSPS) is 10.0. The molecule has 4 heteroatoms. The van der Waals surface area contributed by atoms with Crippen molar-refractivity contribution in [2.24, 2.45) is 12.2 Å². The van der Waals surface area contributed by atoms with E-state index in [4.69, 9.17) is 5.21 Å². The van der Waals surface area contributed by atoms with Gasteiger partial charge in [-0.15, -0.1) is 0 Å². The number of nitrogens with zero attached hydrogens (tertiary/aromatic N) is 2. The second kappa shape index (κ2) is 5.90. The van der Waals surface area contributed by atoms with E-state index < -0.39 is 0 Å². The fourth-order valence-electron chi connectivity index (χ4n) is 1.08. The van der Waals surface area contributed by atoms with E-state index in [0.717, 1.165) is 12.1 Å². The van der Waals surface area contributed by atoms with E-state index in [0.29, 0.717) is 0 Å². The summed E-state index contributed by atoms with van der Waals surface area (Å²) in [5, 5.41) is 11.3. The van der Waals surface area contributed by atoms with Crippen LogP contribution in [0.5, 0.6) is 0 Å². The molecule has 1 rings (SSSR count). The first-order chi connectivity index (χ1) is 5.77. The summed E-state index contributed by atoms with van der Waals surface area (Å²) in [6.07, 6.45) is 4.46. The van der Waals surface area contributed by atoms with E-state index in [1.54, 1.807) is 0 Å². The van der Waals surface area contributed by atoms with Crippen LogP contribution in [-0.2, 0) is 13.5 Å². The highest BCUT2D eigenvalue weighted by atomic mass is 127. The van der Waals surface area contributed by atoms with E-state index in [2.05, 4.69) is 12.1 Å². The van der Waals surface area contributed by atoms with E-state index in [9.17, 15) is 0 Å². The predicted octanol–water partition coefficient (Wildman–Crippen LogP) is -2.11. The summed E-state index contributed by atoms with van der Waals surface area (Å²) in [7, 11) is 1.93. The maximum atomic E-state index is 8.33. The van der Waals surface area contributed by atoms with Crippen LogP contribution in [0.4, 0.5) is 0 Å². The van der Waals surface area contributed by atoms with Gasteiger partial charge in [0.25, 0.3) is 0 Å². The van der Waals surface area contributed by atoms with Gasteiger partial charge in [-0.25, -0.2) is 0 Å². The van der Waals surface area contributed by atoms with Gasteiger partial charge in [-0.3, -0.25) is 0 Å². The molecular weight excluding hydrogens is 279 g/mol. The Hall–Kier alpha value is -0.650. The number of aryl methyl sites for hydroxylation is 2. The van der Waals surface area contributed by atoms with E-state index in [1.807, 2.05) is 29.9 Å². The number of oxime groups is 1. The Morgan fingerprint density at radius 1 is 1.54 bits per heavy atom. The quantitative estimate of drug-likeness (QED) is 0.219. The first-order valence-electron chi connectivity index (χ1n) is 3.94. The fourth-order valence-corrected chi connectivity index (χ4v) is 1.08. The molecule has 0 saturated carbocycles. The third-order valence-corrected chi connectivity index (χ3v) is 1.83. The van der Waals surface area contributed by atoms with Crippen LogP contribution >= 0.6 is 0 Å². The standard InChI is InChI=1S/C9H12N2O.HI/c1-3-8-4-5-9(6-10-12)11(2)7-8;/h4-7H,3H2,1-2H3;1H. The minimum absolute atomic E-state index is 0. The van der Waals surface area contributed by atoms with Crippen LogP contribution in [0.3, 0.4) is 0 Å². The van der Waals surface area contributed by atoms with Crippen molar-refractivity contribution in [2.45, 2.75) is 13.3 Å². The Kier molecular flexibility index (Phi) is 5.61. The highest BCUT2D eigenvalue weighted by Gasteiger charge is 2.03. The monoisotopic (exact) mass is 292 g/mol. The summed E-state index contributed by atoms with van der Waals surface area (Å²) in [4.78, 5) is 0. The van der Waals surface area contributed by atoms with Crippen molar-refractivity contribution in [3.8, 4) is 0 Å². The van der Waals surface area contributed by atoms with Crippen molar-refractivity contribution in [2.75, 3.05) is 0 Å².